The first-order valence-corrected chi connectivity index (χ1v) is 13.4. The number of benzene rings is 1. The molecule has 4 heterocycles. The number of primary sulfonamides is 1. The molecule has 0 aliphatic carbocycles. The summed E-state index contributed by atoms with van der Waals surface area (Å²) < 4.78 is 26.6. The van der Waals surface area contributed by atoms with Gasteiger partial charge in [0.25, 0.3) is 15.6 Å². The number of nitrogens with zero attached hydrogens (tertiary/aromatic N) is 6. The second kappa shape index (κ2) is 9.88. The van der Waals surface area contributed by atoms with Gasteiger partial charge in [-0.3, -0.25) is 4.79 Å². The van der Waals surface area contributed by atoms with Gasteiger partial charge in [0.15, 0.2) is 16.5 Å². The maximum absolute atomic E-state index is 13.1. The van der Waals surface area contributed by atoms with E-state index in [4.69, 9.17) is 5.14 Å². The van der Waals surface area contributed by atoms with Crippen LogP contribution in [0.3, 0.4) is 0 Å². The van der Waals surface area contributed by atoms with Crippen molar-refractivity contribution in [1.82, 2.24) is 29.2 Å². The minimum absolute atomic E-state index is 0.150. The molecule has 192 valence electrons. The highest BCUT2D eigenvalue weighted by atomic mass is 32.2. The molecule has 0 unspecified atom stereocenters. The summed E-state index contributed by atoms with van der Waals surface area (Å²) in [7, 11) is -1.90. The third kappa shape index (κ3) is 5.03. The first-order valence-electron chi connectivity index (χ1n) is 11.9. The zero-order valence-electron chi connectivity index (χ0n) is 20.4. The molecule has 3 aromatic heterocycles. The molecule has 4 aromatic rings. The van der Waals surface area contributed by atoms with Crippen LogP contribution in [0.4, 0.5) is 11.6 Å². The van der Waals surface area contributed by atoms with Crippen LogP contribution in [0, 0.1) is 0 Å². The number of hydrogen-bond donors (Lipinski definition) is 2. The Labute approximate surface area is 214 Å². The van der Waals surface area contributed by atoms with E-state index in [-0.39, 0.29) is 39.9 Å². The number of nitrogens with two attached hydrogens (primary N) is 1. The molecule has 12 heteroatoms. The van der Waals surface area contributed by atoms with Crippen LogP contribution < -0.4 is 16.0 Å². The lowest BCUT2D eigenvalue weighted by atomic mass is 9.89. The van der Waals surface area contributed by atoms with Gasteiger partial charge >= 0.3 is 0 Å². The molecule has 1 saturated heterocycles. The van der Waals surface area contributed by atoms with Crippen molar-refractivity contribution in [2.75, 3.05) is 25.5 Å². The summed E-state index contributed by atoms with van der Waals surface area (Å²) in [5.41, 5.74) is 2.04. The predicted molar refractivity (Wildman–Crippen MR) is 142 cm³/mol. The highest BCUT2D eigenvalue weighted by Gasteiger charge is 2.20. The summed E-state index contributed by atoms with van der Waals surface area (Å²) in [5.74, 6) is 1.01. The topological polar surface area (TPSA) is 141 Å². The zero-order chi connectivity index (χ0) is 26.2. The molecule has 1 aliphatic heterocycles. The van der Waals surface area contributed by atoms with Crippen LogP contribution in [0.15, 0.2) is 71.1 Å². The fourth-order valence-electron chi connectivity index (χ4n) is 4.60. The van der Waals surface area contributed by atoms with Crippen molar-refractivity contribution in [3.63, 3.8) is 0 Å². The molecule has 1 fully saturated rings. The van der Waals surface area contributed by atoms with Gasteiger partial charge < -0.3 is 10.2 Å². The van der Waals surface area contributed by atoms with Crippen LogP contribution in [0.5, 0.6) is 0 Å². The second-order valence-corrected chi connectivity index (χ2v) is 10.6. The van der Waals surface area contributed by atoms with Gasteiger partial charge in [-0.05, 0) is 68.7 Å². The first kappa shape index (κ1) is 24.8. The number of sulfonamides is 1. The molecule has 1 aromatic carbocycles. The second-order valence-electron chi connectivity index (χ2n) is 9.12. The van der Waals surface area contributed by atoms with Crippen LogP contribution in [-0.4, -0.2) is 57.8 Å². The first-order chi connectivity index (χ1) is 17.7. The lowest BCUT2D eigenvalue weighted by Gasteiger charge is -2.29. The third-order valence-corrected chi connectivity index (χ3v) is 7.36. The van der Waals surface area contributed by atoms with Crippen molar-refractivity contribution < 1.29 is 8.42 Å². The fraction of sp³-hybridized carbons (Fsp3) is 0.280. The van der Waals surface area contributed by atoms with Crippen molar-refractivity contribution in [3.05, 3.63) is 77.2 Å². The Morgan fingerprint density at radius 1 is 1.14 bits per heavy atom. The van der Waals surface area contributed by atoms with E-state index in [1.165, 1.54) is 33.3 Å². The van der Waals surface area contributed by atoms with Gasteiger partial charge in [-0.2, -0.15) is 4.98 Å². The zero-order valence-corrected chi connectivity index (χ0v) is 21.2. The number of hydrogen-bond acceptors (Lipinski definition) is 8. The molecular formula is C25H28N8O3S. The Hall–Kier alpha value is -3.87. The van der Waals surface area contributed by atoms with Crippen LogP contribution >= 0.6 is 0 Å². The van der Waals surface area contributed by atoms with E-state index >= 15 is 0 Å². The summed E-state index contributed by atoms with van der Waals surface area (Å²) >= 11 is 0. The molecule has 37 heavy (non-hydrogen) atoms. The monoisotopic (exact) mass is 520 g/mol. The number of nitrogens with one attached hydrogen (secondary N) is 1. The fourth-order valence-corrected chi connectivity index (χ4v) is 5.09. The number of anilines is 2. The molecule has 0 bridgehead atoms. The molecule has 1 aliphatic rings. The van der Waals surface area contributed by atoms with E-state index in [9.17, 15) is 13.2 Å². The Bertz CT molecular complexity index is 1620. The lowest BCUT2D eigenvalue weighted by molar-refractivity contribution is 0.255. The molecule has 0 amide bonds. The van der Waals surface area contributed by atoms with E-state index in [0.717, 1.165) is 31.6 Å². The van der Waals surface area contributed by atoms with E-state index in [2.05, 4.69) is 50.9 Å². The van der Waals surface area contributed by atoms with Crippen LogP contribution in [0.2, 0.25) is 0 Å². The van der Waals surface area contributed by atoms with Crippen molar-refractivity contribution >= 4 is 32.7 Å². The Kier molecular flexibility index (Phi) is 6.63. The van der Waals surface area contributed by atoms with Gasteiger partial charge in [-0.15, -0.1) is 6.58 Å². The minimum atomic E-state index is -4.05. The number of allylic oxidation sites excluding steroid dienone is 1. The molecule has 0 spiro atoms. The standard InChI is InChI=1S/C25H28N8O3S/c1-3-13-32-24(34)20-16-27-25(28-19-9-7-17(8-10-19)18-11-14-31(2)15-12-18)30-23(20)33(32)21-5-4-6-22(29-21)37(26,35)36/h3-10,16,18H,1,11-15H2,2H3,(H2,26,35,36)(H,27,28,30). The summed E-state index contributed by atoms with van der Waals surface area (Å²) in [6.45, 7) is 6.06. The average molecular weight is 521 g/mol. The molecule has 0 saturated carbocycles. The maximum atomic E-state index is 13.1. The van der Waals surface area contributed by atoms with Crippen LogP contribution in [0.25, 0.3) is 16.9 Å². The SMILES string of the molecule is C=CCn1c(=O)c2cnc(Nc3ccc(C4CCN(C)CC4)cc3)nc2n1-c1cccc(S(N)(=O)=O)n1. The normalized spacial score (nSPS) is 15.2. The van der Waals surface area contributed by atoms with Gasteiger partial charge in [-0.1, -0.05) is 24.3 Å². The van der Waals surface area contributed by atoms with Crippen LogP contribution in [0.1, 0.15) is 24.3 Å². The number of fused-ring (bicyclic) bond motifs is 1. The van der Waals surface area contributed by atoms with Crippen molar-refractivity contribution in [2.24, 2.45) is 5.14 Å². The number of rotatable bonds is 7. The van der Waals surface area contributed by atoms with E-state index in [0.29, 0.717) is 5.92 Å². The van der Waals surface area contributed by atoms with Crippen LogP contribution in [-0.2, 0) is 16.6 Å². The van der Waals surface area contributed by atoms with E-state index in [1.54, 1.807) is 12.1 Å². The summed E-state index contributed by atoms with van der Waals surface area (Å²) in [4.78, 5) is 28.5. The Morgan fingerprint density at radius 2 is 1.86 bits per heavy atom. The number of piperidine rings is 1. The van der Waals surface area contributed by atoms with Gasteiger partial charge in [0.2, 0.25) is 5.95 Å². The molecule has 11 nitrogen and oxygen atoms in total. The molecule has 0 radical (unpaired) electrons. The lowest BCUT2D eigenvalue weighted by Crippen LogP contribution is -2.29. The highest BCUT2D eigenvalue weighted by Crippen LogP contribution is 2.29. The number of aromatic nitrogens is 5. The molecule has 0 atom stereocenters. The highest BCUT2D eigenvalue weighted by molar-refractivity contribution is 7.89. The Balaban J connectivity index is 1.51. The molecular weight excluding hydrogens is 492 g/mol. The number of likely N-dealkylation sites (tertiary alicyclic amines) is 1. The largest absolute Gasteiger partial charge is 0.324 e. The third-order valence-electron chi connectivity index (χ3n) is 6.55. The summed E-state index contributed by atoms with van der Waals surface area (Å²) in [5, 5.41) is 8.41. The smallest absolute Gasteiger partial charge is 0.278 e. The predicted octanol–water partition coefficient (Wildman–Crippen LogP) is 2.36. The molecule has 5 rings (SSSR count). The summed E-state index contributed by atoms with van der Waals surface area (Å²) in [6.07, 6.45) is 5.28. The van der Waals surface area contributed by atoms with E-state index in [1.807, 2.05) is 12.1 Å². The van der Waals surface area contributed by atoms with Gasteiger partial charge in [0.05, 0.1) is 6.54 Å². The van der Waals surface area contributed by atoms with Gasteiger partial charge in [0.1, 0.15) is 5.39 Å². The van der Waals surface area contributed by atoms with Crippen molar-refractivity contribution in [1.29, 1.82) is 0 Å². The quantitative estimate of drug-likeness (QED) is 0.354. The molecule has 3 N–H and O–H groups in total. The average Bonchev–Trinajstić information content (AvgIpc) is 3.15. The van der Waals surface area contributed by atoms with Gasteiger partial charge in [0, 0.05) is 11.9 Å². The maximum Gasteiger partial charge on any atom is 0.278 e. The van der Waals surface area contributed by atoms with Crippen molar-refractivity contribution in [3.8, 4) is 5.82 Å². The number of pyridine rings is 1. The Morgan fingerprint density at radius 3 is 2.54 bits per heavy atom. The van der Waals surface area contributed by atoms with Gasteiger partial charge in [-0.25, -0.2) is 32.9 Å². The van der Waals surface area contributed by atoms with E-state index < -0.39 is 10.0 Å². The van der Waals surface area contributed by atoms with Crippen molar-refractivity contribution in [2.45, 2.75) is 30.3 Å². The minimum Gasteiger partial charge on any atom is -0.324 e. The summed E-state index contributed by atoms with van der Waals surface area (Å²) in [6, 6.07) is 12.6.